The van der Waals surface area contributed by atoms with Gasteiger partial charge in [-0.2, -0.15) is 5.10 Å². The summed E-state index contributed by atoms with van der Waals surface area (Å²) >= 11 is 0. The van der Waals surface area contributed by atoms with Gasteiger partial charge in [0.05, 0.1) is 4.92 Å². The number of Topliss-reactive ketones (excluding diaryl/α,β-unsaturated/α-hetero) is 1. The predicted molar refractivity (Wildman–Crippen MR) is 73.8 cm³/mol. The average molecular weight is 273 g/mol. The number of carbonyl (C=O) groups excluding carboxylic acids is 1. The van der Waals surface area contributed by atoms with Crippen molar-refractivity contribution >= 4 is 11.5 Å². The Bertz CT molecular complexity index is 676. The van der Waals surface area contributed by atoms with Crippen LogP contribution in [0.3, 0.4) is 0 Å². The molecule has 0 fully saturated rings. The van der Waals surface area contributed by atoms with Crippen LogP contribution < -0.4 is 0 Å². The molecule has 1 unspecified atom stereocenters. The largest absolute Gasteiger partial charge is 0.307 e. The summed E-state index contributed by atoms with van der Waals surface area (Å²) in [5.74, 6) is -0.119. The van der Waals surface area contributed by atoms with Crippen LogP contribution in [0.5, 0.6) is 0 Å². The van der Waals surface area contributed by atoms with Gasteiger partial charge in [0.15, 0.2) is 5.78 Å². The van der Waals surface area contributed by atoms with Crippen molar-refractivity contribution in [3.05, 3.63) is 57.4 Å². The highest BCUT2D eigenvalue weighted by Crippen LogP contribution is 2.19. The molecule has 0 spiro atoms. The second-order valence-electron chi connectivity index (χ2n) is 4.77. The maximum atomic E-state index is 12.4. The van der Waals surface area contributed by atoms with Gasteiger partial charge in [-0.25, -0.2) is 0 Å². The molecule has 0 saturated carbocycles. The van der Waals surface area contributed by atoms with Crippen LogP contribution in [0.15, 0.2) is 30.6 Å². The molecule has 2 rings (SSSR count). The standard InChI is InChI=1S/C14H15N3O3/c1-9-4-5-12(6-10(9)2)14(18)11(3)16-8-13(7-15-16)17(19)20/h4-8,11H,1-3H3. The van der Waals surface area contributed by atoms with Gasteiger partial charge >= 0.3 is 5.69 Å². The molecule has 0 aliphatic rings. The van der Waals surface area contributed by atoms with Crippen LogP contribution in [-0.4, -0.2) is 20.5 Å². The van der Waals surface area contributed by atoms with Gasteiger partial charge in [0.1, 0.15) is 18.4 Å². The molecule has 0 saturated heterocycles. The minimum Gasteiger partial charge on any atom is -0.292 e. The van der Waals surface area contributed by atoms with Crippen LogP contribution >= 0.6 is 0 Å². The molecular formula is C14H15N3O3. The Kier molecular flexibility index (Phi) is 3.65. The lowest BCUT2D eigenvalue weighted by atomic mass is 10.0. The number of aromatic nitrogens is 2. The first kappa shape index (κ1) is 13.9. The van der Waals surface area contributed by atoms with E-state index < -0.39 is 11.0 Å². The number of aryl methyl sites for hydroxylation is 2. The molecule has 6 heteroatoms. The van der Waals surface area contributed by atoms with Gasteiger partial charge in [0.25, 0.3) is 0 Å². The van der Waals surface area contributed by atoms with Crippen molar-refractivity contribution in [3.63, 3.8) is 0 Å². The molecule has 1 heterocycles. The number of ketones is 1. The van der Waals surface area contributed by atoms with Gasteiger partial charge in [0, 0.05) is 5.56 Å². The number of hydrogen-bond donors (Lipinski definition) is 0. The van der Waals surface area contributed by atoms with Crippen molar-refractivity contribution in [3.8, 4) is 0 Å². The molecule has 0 amide bonds. The van der Waals surface area contributed by atoms with E-state index in [0.717, 1.165) is 17.3 Å². The van der Waals surface area contributed by atoms with Crippen LogP contribution in [0.4, 0.5) is 5.69 Å². The maximum absolute atomic E-state index is 12.4. The van der Waals surface area contributed by atoms with Gasteiger partial charge in [-0.3, -0.25) is 19.6 Å². The molecule has 0 aliphatic carbocycles. The zero-order valence-electron chi connectivity index (χ0n) is 11.5. The minimum absolute atomic E-state index is 0.119. The Labute approximate surface area is 116 Å². The van der Waals surface area contributed by atoms with Crippen molar-refractivity contribution in [1.82, 2.24) is 9.78 Å². The second kappa shape index (κ2) is 5.24. The number of hydrogen-bond acceptors (Lipinski definition) is 4. The summed E-state index contributed by atoms with van der Waals surface area (Å²) in [5, 5.41) is 14.5. The molecule has 2 aromatic rings. The SMILES string of the molecule is Cc1ccc(C(=O)C(C)n2cc([N+](=O)[O-])cn2)cc1C. The summed E-state index contributed by atoms with van der Waals surface area (Å²) in [5.41, 5.74) is 2.61. The lowest BCUT2D eigenvalue weighted by Gasteiger charge is -2.11. The van der Waals surface area contributed by atoms with E-state index in [0.29, 0.717) is 5.56 Å². The number of benzene rings is 1. The number of nitrogens with zero attached hydrogens (tertiary/aromatic N) is 3. The lowest BCUT2D eigenvalue weighted by molar-refractivity contribution is -0.385. The Balaban J connectivity index is 2.27. The predicted octanol–water partition coefficient (Wildman–Crippen LogP) is 2.85. The van der Waals surface area contributed by atoms with E-state index in [4.69, 9.17) is 0 Å². The van der Waals surface area contributed by atoms with Crippen LogP contribution in [0.2, 0.25) is 0 Å². The third-order valence-electron chi connectivity index (χ3n) is 3.37. The molecule has 20 heavy (non-hydrogen) atoms. The van der Waals surface area contributed by atoms with E-state index in [1.165, 1.54) is 10.9 Å². The first-order valence-electron chi connectivity index (χ1n) is 6.20. The number of carbonyl (C=O) groups is 1. The highest BCUT2D eigenvalue weighted by Gasteiger charge is 2.20. The van der Waals surface area contributed by atoms with Gasteiger partial charge in [-0.15, -0.1) is 0 Å². The fourth-order valence-electron chi connectivity index (χ4n) is 1.89. The Morgan fingerprint density at radius 1 is 1.35 bits per heavy atom. The molecule has 0 bridgehead atoms. The summed E-state index contributed by atoms with van der Waals surface area (Å²) in [6, 6.07) is 4.90. The maximum Gasteiger partial charge on any atom is 0.307 e. The van der Waals surface area contributed by atoms with E-state index in [1.807, 2.05) is 26.0 Å². The van der Waals surface area contributed by atoms with E-state index in [-0.39, 0.29) is 11.5 Å². The van der Waals surface area contributed by atoms with Crippen LogP contribution in [0, 0.1) is 24.0 Å². The van der Waals surface area contributed by atoms with Crippen molar-refractivity contribution in [2.75, 3.05) is 0 Å². The van der Waals surface area contributed by atoms with Gasteiger partial charge in [0.2, 0.25) is 0 Å². The molecule has 104 valence electrons. The molecule has 1 atom stereocenters. The first-order valence-corrected chi connectivity index (χ1v) is 6.20. The number of nitro groups is 1. The van der Waals surface area contributed by atoms with Crippen molar-refractivity contribution in [2.24, 2.45) is 0 Å². The quantitative estimate of drug-likeness (QED) is 0.487. The summed E-state index contributed by atoms with van der Waals surface area (Å²) in [6.07, 6.45) is 2.41. The Morgan fingerprint density at radius 3 is 2.60 bits per heavy atom. The van der Waals surface area contributed by atoms with Crippen LogP contribution in [-0.2, 0) is 0 Å². The highest BCUT2D eigenvalue weighted by molar-refractivity contribution is 5.98. The summed E-state index contributed by atoms with van der Waals surface area (Å²) < 4.78 is 1.32. The van der Waals surface area contributed by atoms with Crippen LogP contribution in [0.1, 0.15) is 34.5 Å². The average Bonchev–Trinajstić information content (AvgIpc) is 2.90. The minimum atomic E-state index is -0.578. The zero-order valence-corrected chi connectivity index (χ0v) is 11.5. The molecule has 1 aromatic heterocycles. The Morgan fingerprint density at radius 2 is 2.05 bits per heavy atom. The van der Waals surface area contributed by atoms with E-state index >= 15 is 0 Å². The summed E-state index contributed by atoms with van der Waals surface area (Å²) in [7, 11) is 0. The van der Waals surface area contributed by atoms with Crippen LogP contribution in [0.25, 0.3) is 0 Å². The fourth-order valence-corrected chi connectivity index (χ4v) is 1.89. The Hall–Kier alpha value is -2.50. The lowest BCUT2D eigenvalue weighted by Crippen LogP contribution is -2.17. The molecule has 0 aliphatic heterocycles. The molecule has 0 radical (unpaired) electrons. The third-order valence-corrected chi connectivity index (χ3v) is 3.37. The van der Waals surface area contributed by atoms with E-state index in [9.17, 15) is 14.9 Å². The molecular weight excluding hydrogens is 258 g/mol. The topological polar surface area (TPSA) is 78.0 Å². The third kappa shape index (κ3) is 2.59. The van der Waals surface area contributed by atoms with Crippen molar-refractivity contribution in [1.29, 1.82) is 0 Å². The van der Waals surface area contributed by atoms with E-state index in [1.54, 1.807) is 13.0 Å². The van der Waals surface area contributed by atoms with Crippen molar-refractivity contribution < 1.29 is 9.72 Å². The van der Waals surface area contributed by atoms with Crippen molar-refractivity contribution in [2.45, 2.75) is 26.8 Å². The van der Waals surface area contributed by atoms with Gasteiger partial charge in [-0.05, 0) is 38.0 Å². The molecule has 0 N–H and O–H groups in total. The highest BCUT2D eigenvalue weighted by atomic mass is 16.6. The molecule has 1 aromatic carbocycles. The molecule has 6 nitrogen and oxygen atoms in total. The fraction of sp³-hybridized carbons (Fsp3) is 0.286. The van der Waals surface area contributed by atoms with E-state index in [2.05, 4.69) is 5.10 Å². The zero-order chi connectivity index (χ0) is 14.9. The van der Waals surface area contributed by atoms with Gasteiger partial charge in [-0.1, -0.05) is 12.1 Å². The summed E-state index contributed by atoms with van der Waals surface area (Å²) in [6.45, 7) is 5.59. The smallest absolute Gasteiger partial charge is 0.292 e. The van der Waals surface area contributed by atoms with Gasteiger partial charge < -0.3 is 0 Å². The normalized spacial score (nSPS) is 12.2. The monoisotopic (exact) mass is 273 g/mol. The first-order chi connectivity index (χ1) is 9.40. The number of rotatable bonds is 4. The second-order valence-corrected chi connectivity index (χ2v) is 4.77. The summed E-state index contributed by atoms with van der Waals surface area (Å²) in [4.78, 5) is 22.5.